The van der Waals surface area contributed by atoms with Gasteiger partial charge in [0.05, 0.1) is 19.8 Å². The number of carbonyl (C=O) groups excluding carboxylic acids is 1. The average molecular weight is 1170 g/mol. The van der Waals surface area contributed by atoms with Gasteiger partial charge in [-0.3, -0.25) is 4.79 Å². The molecule has 3 unspecified atom stereocenters. The first-order valence-electron chi connectivity index (χ1n) is 26.2. The molecule has 5 heteroatoms. The number of hydrogen-bond donors (Lipinski definition) is 0. The Morgan fingerprint density at radius 3 is 1.81 bits per heavy atom. The molecule has 69 heavy (non-hydrogen) atoms. The third kappa shape index (κ3) is 43.4. The van der Waals surface area contributed by atoms with E-state index in [2.05, 4.69) is 172 Å². The van der Waals surface area contributed by atoms with Gasteiger partial charge in [0.2, 0.25) is 0 Å². The maximum absolute atomic E-state index is 10.4. The Morgan fingerprint density at radius 1 is 0.768 bits per heavy atom. The summed E-state index contributed by atoms with van der Waals surface area (Å²) in [7, 11) is 1.62. The summed E-state index contributed by atoms with van der Waals surface area (Å²) in [5.41, 5.74) is 13.0. The van der Waals surface area contributed by atoms with Crippen LogP contribution in [0, 0.1) is 68.1 Å². The van der Waals surface area contributed by atoms with E-state index in [-0.39, 0.29) is 42.8 Å². The molecule has 0 aliphatic rings. The molecule has 0 saturated carbocycles. The first-order valence-corrected chi connectivity index (χ1v) is 26.2. The van der Waals surface area contributed by atoms with E-state index in [4.69, 9.17) is 14.7 Å². The van der Waals surface area contributed by atoms with Crippen LogP contribution in [0.4, 0.5) is 0 Å². The molecule has 0 amide bonds. The Kier molecular flexibility index (Phi) is 55.6. The Hall–Kier alpha value is -3.12. The third-order valence-electron chi connectivity index (χ3n) is 11.2. The molecule has 3 atom stereocenters. The van der Waals surface area contributed by atoms with Crippen molar-refractivity contribution in [3.8, 4) is 6.07 Å². The van der Waals surface area contributed by atoms with Gasteiger partial charge in [-0.25, -0.2) is 5.26 Å². The van der Waals surface area contributed by atoms with Gasteiger partial charge in [0.1, 0.15) is 5.78 Å². The van der Waals surface area contributed by atoms with Crippen LogP contribution in [0.5, 0.6) is 0 Å². The minimum absolute atomic E-state index is 0. The molecule has 0 saturated heterocycles. The predicted molar refractivity (Wildman–Crippen MR) is 306 cm³/mol. The second kappa shape index (κ2) is 51.2. The van der Waals surface area contributed by atoms with Crippen molar-refractivity contribution >= 4 is 11.4 Å². The molecule has 0 fully saturated rings. The van der Waals surface area contributed by atoms with Crippen molar-refractivity contribution < 1.29 is 45.4 Å². The molecule has 0 radical (unpaired) electrons. The molecule has 0 aliphatic heterocycles. The van der Waals surface area contributed by atoms with Gasteiger partial charge in [0.25, 0.3) is 0 Å². The molecular weight excluding hydrogens is 1070 g/mol. The number of allylic oxidation sites excluding steroid dienone is 15. The van der Waals surface area contributed by atoms with E-state index in [9.17, 15) is 4.79 Å². The molecule has 0 bridgehead atoms. The van der Waals surface area contributed by atoms with Crippen LogP contribution < -0.4 is 0 Å². The minimum Gasteiger partial charge on any atom is -0.382 e. The maximum atomic E-state index is 10.4. The number of nitriles is 1. The summed E-state index contributed by atoms with van der Waals surface area (Å²) in [5, 5.41) is 8.78. The summed E-state index contributed by atoms with van der Waals surface area (Å²) >= 11 is 0. The summed E-state index contributed by atoms with van der Waals surface area (Å²) in [6.45, 7) is 54.2. The molecule has 4 nitrogen and oxygen atoms in total. The quantitative estimate of drug-likeness (QED) is 0.0477. The van der Waals surface area contributed by atoms with Crippen LogP contribution in [0.15, 0.2) is 119 Å². The summed E-state index contributed by atoms with van der Waals surface area (Å²) in [6, 6.07) is 7.90. The monoisotopic (exact) mass is 1170 g/mol. The van der Waals surface area contributed by atoms with Gasteiger partial charge in [0, 0.05) is 19.6 Å². The van der Waals surface area contributed by atoms with Crippen LogP contribution >= 0.6 is 0 Å². The van der Waals surface area contributed by atoms with Crippen molar-refractivity contribution in [2.45, 2.75) is 200 Å². The van der Waals surface area contributed by atoms with Crippen LogP contribution in [0.3, 0.4) is 0 Å². The molecule has 1 aromatic carbocycles. The SMILES string of the molecule is C=C(/C=C\C=C(/CCC)C(\C=C/C(=C/C(C)CC)C(/C)=C\C(=C)CCC)=C(C)CC)CCC.C=C(C)c1ccc([CH2-])c(C([CH2-])C#N)c1.CCCC.CCCC(C)CC.COCCOCCC(C)=O.[U+2]. The number of methoxy groups -OCH3 is 1. The van der Waals surface area contributed by atoms with Gasteiger partial charge in [-0.1, -0.05) is 219 Å². The van der Waals surface area contributed by atoms with Gasteiger partial charge < -0.3 is 16.4 Å². The molecule has 388 valence electrons. The second-order valence-electron chi connectivity index (χ2n) is 18.1. The van der Waals surface area contributed by atoms with Crippen LogP contribution in [-0.2, 0) is 14.3 Å². The zero-order valence-electron chi connectivity index (χ0n) is 47.7. The van der Waals surface area contributed by atoms with E-state index < -0.39 is 0 Å². The first-order chi connectivity index (χ1) is 32.3. The number of ether oxygens (including phenoxy) is 2. The van der Waals surface area contributed by atoms with Crippen LogP contribution in [0.2, 0.25) is 0 Å². The molecule has 0 heterocycles. The van der Waals surface area contributed by atoms with E-state index in [1.807, 2.05) is 25.1 Å². The van der Waals surface area contributed by atoms with Crippen LogP contribution in [-0.4, -0.2) is 32.7 Å². The van der Waals surface area contributed by atoms with Gasteiger partial charge in [-0.2, -0.15) is 24.1 Å². The van der Waals surface area contributed by atoms with E-state index in [1.165, 1.54) is 71.1 Å². The Morgan fingerprint density at radius 2 is 1.36 bits per heavy atom. The molecular formula is C64H105NO3U. The topological polar surface area (TPSA) is 59.3 Å². The summed E-state index contributed by atoms with van der Waals surface area (Å²) in [5.74, 6) is 1.30. The summed E-state index contributed by atoms with van der Waals surface area (Å²) in [4.78, 5) is 10.4. The molecule has 1 aromatic rings. The van der Waals surface area contributed by atoms with Crippen LogP contribution in [0.25, 0.3) is 5.57 Å². The maximum Gasteiger partial charge on any atom is 2.00 e. The van der Waals surface area contributed by atoms with Crippen molar-refractivity contribution in [1.82, 2.24) is 0 Å². The normalized spacial score (nSPS) is 13.0. The third-order valence-corrected chi connectivity index (χ3v) is 11.2. The Bertz CT molecular complexity index is 1740. The number of unbranched alkanes of at least 4 members (excludes halogenated alkanes) is 1. The zero-order valence-corrected chi connectivity index (χ0v) is 51.9. The molecule has 0 aliphatic carbocycles. The number of carbonyl (C=O) groups is 1. The van der Waals surface area contributed by atoms with Crippen molar-refractivity contribution in [1.29, 1.82) is 5.26 Å². The summed E-state index contributed by atoms with van der Waals surface area (Å²) in [6.07, 6.45) is 32.0. The largest absolute Gasteiger partial charge is 2.00 e. The first kappa shape index (κ1) is 74.8. The van der Waals surface area contributed by atoms with E-state index >= 15 is 0 Å². The fourth-order valence-electron chi connectivity index (χ4n) is 6.11. The fourth-order valence-corrected chi connectivity index (χ4v) is 6.11. The van der Waals surface area contributed by atoms with E-state index in [1.54, 1.807) is 14.0 Å². The van der Waals surface area contributed by atoms with Crippen molar-refractivity contribution in [2.75, 3.05) is 26.9 Å². The van der Waals surface area contributed by atoms with Gasteiger partial charge in [-0.05, 0) is 93.1 Å². The number of benzene rings is 1. The number of Topliss-reactive ketones (excluding diaryl/α,β-unsaturated/α-hetero) is 1. The molecule has 0 aromatic heterocycles. The number of rotatable bonds is 28. The number of ketones is 1. The van der Waals surface area contributed by atoms with Crippen LogP contribution in [0.1, 0.15) is 216 Å². The molecule has 1 rings (SSSR count). The minimum atomic E-state index is -0.359. The molecule has 0 spiro atoms. The second-order valence-corrected chi connectivity index (χ2v) is 18.1. The predicted octanol–water partition coefficient (Wildman–Crippen LogP) is 19.8. The van der Waals surface area contributed by atoms with Gasteiger partial charge >= 0.3 is 31.1 Å². The Labute approximate surface area is 453 Å². The molecule has 0 N–H and O–H groups in total. The average Bonchev–Trinajstić information content (AvgIpc) is 3.31. The smallest absolute Gasteiger partial charge is 0.382 e. The van der Waals surface area contributed by atoms with Gasteiger partial charge in [0.15, 0.2) is 0 Å². The number of nitrogens with zero attached hydrogens (tertiary/aromatic N) is 1. The van der Waals surface area contributed by atoms with Crippen molar-refractivity contribution in [2.24, 2.45) is 11.8 Å². The van der Waals surface area contributed by atoms with E-state index in [0.29, 0.717) is 32.2 Å². The van der Waals surface area contributed by atoms with E-state index in [0.717, 1.165) is 79.5 Å². The van der Waals surface area contributed by atoms with Crippen molar-refractivity contribution in [3.63, 3.8) is 0 Å². The Balaban J connectivity index is -0.000000307. The van der Waals surface area contributed by atoms with Gasteiger partial charge in [-0.15, -0.1) is 18.1 Å². The number of hydrogen-bond acceptors (Lipinski definition) is 4. The zero-order chi connectivity index (χ0) is 52.9. The van der Waals surface area contributed by atoms with Crippen molar-refractivity contribution in [3.05, 3.63) is 150 Å². The fraction of sp³-hybridized carbons (Fsp3) is 0.562. The summed E-state index contributed by atoms with van der Waals surface area (Å²) < 4.78 is 9.78. The standard InChI is InChI=1S/C33H52.C13H13N.C7H14O3.C7H16.C4H10.U/c1-11-17-27(7)20-16-21-31(19-13-3)33(29(9)15-5)23-22-32(25-26(6)14-4)30(10)24-28(8)18-12-2;1-9(2)12-6-5-10(3)13(7-12)11(4)8-14;1-7(8)3-4-10-6-5-9-2;1-4-6-7(3)5-2;1-3-4-2;/h16,20-26H,7-8,11-15,17-19H2,1-6,9-10H3;5-7,11H,1,3-4H2,2H3;3-6H2,1-2H3;7H,4-6H2,1-3H3;3-4H2,1-2H3;/q;-2;;;;+2/b20-16-,23-22-,30-24-,31-21+,32-25-,33-29?;;;;;.